The number of hydrogen-bond acceptors (Lipinski definition) is 4. The molecule has 2 aliphatic heterocycles. The van der Waals surface area contributed by atoms with Gasteiger partial charge in [0.2, 0.25) is 0 Å². The summed E-state index contributed by atoms with van der Waals surface area (Å²) >= 11 is 0. The van der Waals surface area contributed by atoms with Crippen LogP contribution in [0.5, 0.6) is 0 Å². The Morgan fingerprint density at radius 3 is 2.81 bits per heavy atom. The largest absolute Gasteiger partial charge is 0.395 e. The standard InChI is InChI=1S/C16H21N3O2/c1-5-21-17-14-12-8-10(2)11-6-7-18(3)9-13(11)15(12)19(4)16(14)20/h8H,5-7,9H2,1-4H3/b17-14-. The Balaban J connectivity index is 2.20. The Morgan fingerprint density at radius 1 is 1.33 bits per heavy atom. The summed E-state index contributed by atoms with van der Waals surface area (Å²) in [7, 11) is 3.93. The molecule has 112 valence electrons. The van der Waals surface area contributed by atoms with Crippen LogP contribution in [0.4, 0.5) is 5.69 Å². The minimum atomic E-state index is -0.0838. The Bertz CT molecular complexity index is 637. The van der Waals surface area contributed by atoms with Crippen molar-refractivity contribution in [3.05, 3.63) is 28.3 Å². The summed E-state index contributed by atoms with van der Waals surface area (Å²) in [5, 5.41) is 4.04. The van der Waals surface area contributed by atoms with Crippen LogP contribution < -0.4 is 4.90 Å². The molecule has 21 heavy (non-hydrogen) atoms. The zero-order chi connectivity index (χ0) is 15.1. The molecule has 0 N–H and O–H groups in total. The van der Waals surface area contributed by atoms with Crippen LogP contribution >= 0.6 is 0 Å². The van der Waals surface area contributed by atoms with Crippen LogP contribution in [0.15, 0.2) is 11.2 Å². The second-order valence-electron chi connectivity index (χ2n) is 5.76. The molecular weight excluding hydrogens is 266 g/mol. The number of oxime groups is 1. The van der Waals surface area contributed by atoms with Crippen LogP contribution in [0.3, 0.4) is 0 Å². The molecule has 0 unspecified atom stereocenters. The lowest BCUT2D eigenvalue weighted by Crippen LogP contribution is -2.30. The molecule has 5 nitrogen and oxygen atoms in total. The Labute approximate surface area is 125 Å². The first kappa shape index (κ1) is 14.1. The van der Waals surface area contributed by atoms with Crippen LogP contribution in [0.1, 0.15) is 29.2 Å². The van der Waals surface area contributed by atoms with E-state index in [-0.39, 0.29) is 5.91 Å². The smallest absolute Gasteiger partial charge is 0.280 e. The van der Waals surface area contributed by atoms with Crippen LogP contribution in [0, 0.1) is 6.92 Å². The molecule has 0 fully saturated rings. The van der Waals surface area contributed by atoms with Crippen molar-refractivity contribution in [3.8, 4) is 0 Å². The summed E-state index contributed by atoms with van der Waals surface area (Å²) in [5.41, 5.74) is 6.21. The summed E-state index contributed by atoms with van der Waals surface area (Å²) in [4.78, 5) is 21.6. The molecule has 0 bridgehead atoms. The first-order chi connectivity index (χ1) is 10.0. The average Bonchev–Trinajstić information content (AvgIpc) is 2.69. The lowest BCUT2D eigenvalue weighted by atomic mass is 9.91. The number of carbonyl (C=O) groups excluding carboxylic acids is 1. The highest BCUT2D eigenvalue weighted by molar-refractivity contribution is 6.54. The number of benzene rings is 1. The van der Waals surface area contributed by atoms with E-state index < -0.39 is 0 Å². The van der Waals surface area contributed by atoms with Crippen LogP contribution in [-0.2, 0) is 22.6 Å². The van der Waals surface area contributed by atoms with Gasteiger partial charge in [-0.2, -0.15) is 0 Å². The van der Waals surface area contributed by atoms with Gasteiger partial charge < -0.3 is 14.6 Å². The molecule has 0 atom stereocenters. The van der Waals surface area contributed by atoms with Gasteiger partial charge >= 0.3 is 0 Å². The fourth-order valence-corrected chi connectivity index (χ4v) is 3.24. The van der Waals surface area contributed by atoms with Crippen LogP contribution in [0.2, 0.25) is 0 Å². The highest BCUT2D eigenvalue weighted by Crippen LogP contribution is 2.38. The predicted octanol–water partition coefficient (Wildman–Crippen LogP) is 1.70. The third-order valence-corrected chi connectivity index (χ3v) is 4.30. The SMILES string of the molecule is CCO/N=C1\C(=O)N(C)c2c1cc(C)c1c2CN(C)CC1. The lowest BCUT2D eigenvalue weighted by Gasteiger charge is -2.29. The molecule has 0 saturated carbocycles. The van der Waals surface area contributed by atoms with Gasteiger partial charge in [0, 0.05) is 25.7 Å². The highest BCUT2D eigenvalue weighted by atomic mass is 16.6. The molecule has 2 heterocycles. The Kier molecular flexibility index (Phi) is 3.45. The van der Waals surface area contributed by atoms with Crippen molar-refractivity contribution < 1.29 is 9.63 Å². The first-order valence-corrected chi connectivity index (χ1v) is 7.36. The number of anilines is 1. The topological polar surface area (TPSA) is 45.1 Å². The summed E-state index contributed by atoms with van der Waals surface area (Å²) in [6, 6.07) is 2.08. The average molecular weight is 287 g/mol. The fraction of sp³-hybridized carbons (Fsp3) is 0.500. The van der Waals surface area contributed by atoms with Gasteiger partial charge in [0.25, 0.3) is 5.91 Å². The normalized spacial score (nSPS) is 19.9. The molecule has 1 aromatic carbocycles. The molecule has 1 amide bonds. The van der Waals surface area contributed by atoms with Crippen molar-refractivity contribution in [3.63, 3.8) is 0 Å². The van der Waals surface area contributed by atoms with Gasteiger partial charge in [-0.15, -0.1) is 0 Å². The zero-order valence-corrected chi connectivity index (χ0v) is 13.1. The van der Waals surface area contributed by atoms with Crippen molar-refractivity contribution in [2.24, 2.45) is 5.16 Å². The van der Waals surface area contributed by atoms with E-state index in [2.05, 4.69) is 30.1 Å². The Hall–Kier alpha value is -1.88. The summed E-state index contributed by atoms with van der Waals surface area (Å²) in [6.07, 6.45) is 1.03. The number of fused-ring (bicyclic) bond motifs is 3. The first-order valence-electron chi connectivity index (χ1n) is 7.36. The van der Waals surface area contributed by atoms with Crippen LogP contribution in [0.25, 0.3) is 0 Å². The minimum Gasteiger partial charge on any atom is -0.395 e. The van der Waals surface area contributed by atoms with E-state index in [9.17, 15) is 4.79 Å². The van der Waals surface area contributed by atoms with Crippen molar-refractivity contribution in [2.75, 3.05) is 32.1 Å². The molecule has 2 aliphatic rings. The second kappa shape index (κ2) is 5.15. The maximum atomic E-state index is 12.4. The summed E-state index contributed by atoms with van der Waals surface area (Å²) in [5.74, 6) is -0.0838. The van der Waals surface area contributed by atoms with Crippen molar-refractivity contribution in [1.82, 2.24) is 4.90 Å². The molecule has 0 saturated heterocycles. The van der Waals surface area contributed by atoms with Gasteiger partial charge in [0.05, 0.1) is 5.69 Å². The van der Waals surface area contributed by atoms with E-state index in [1.165, 1.54) is 16.7 Å². The van der Waals surface area contributed by atoms with E-state index in [0.717, 1.165) is 30.8 Å². The predicted molar refractivity (Wildman–Crippen MR) is 82.8 cm³/mol. The molecule has 0 radical (unpaired) electrons. The number of carbonyl (C=O) groups is 1. The monoisotopic (exact) mass is 287 g/mol. The number of aryl methyl sites for hydroxylation is 1. The number of rotatable bonds is 2. The quantitative estimate of drug-likeness (QED) is 0.778. The molecule has 0 aliphatic carbocycles. The van der Waals surface area contributed by atoms with E-state index >= 15 is 0 Å². The van der Waals surface area contributed by atoms with E-state index in [4.69, 9.17) is 4.84 Å². The van der Waals surface area contributed by atoms with Crippen LogP contribution in [-0.4, -0.2) is 43.8 Å². The lowest BCUT2D eigenvalue weighted by molar-refractivity contribution is -0.112. The molecule has 0 aromatic heterocycles. The second-order valence-corrected chi connectivity index (χ2v) is 5.76. The molecular formula is C16H21N3O2. The van der Waals surface area contributed by atoms with E-state index in [0.29, 0.717) is 12.3 Å². The highest BCUT2D eigenvalue weighted by Gasteiger charge is 2.36. The Morgan fingerprint density at radius 2 is 2.10 bits per heavy atom. The third kappa shape index (κ3) is 2.12. The minimum absolute atomic E-state index is 0.0838. The van der Waals surface area contributed by atoms with Gasteiger partial charge in [0.1, 0.15) is 6.61 Å². The third-order valence-electron chi connectivity index (χ3n) is 4.30. The maximum Gasteiger partial charge on any atom is 0.280 e. The van der Waals surface area contributed by atoms with Crippen molar-refractivity contribution >= 4 is 17.3 Å². The number of likely N-dealkylation sites (N-methyl/N-ethyl adjacent to an activating group) is 2. The number of hydrogen-bond donors (Lipinski definition) is 0. The summed E-state index contributed by atoms with van der Waals surface area (Å²) < 4.78 is 0. The van der Waals surface area contributed by atoms with Gasteiger partial charge in [-0.05, 0) is 50.1 Å². The number of amides is 1. The van der Waals surface area contributed by atoms with E-state index in [1.54, 1.807) is 4.90 Å². The molecule has 0 spiro atoms. The summed E-state index contributed by atoms with van der Waals surface area (Å²) in [6.45, 7) is 6.37. The number of nitrogens with zero attached hydrogens (tertiary/aromatic N) is 3. The van der Waals surface area contributed by atoms with Gasteiger partial charge in [0.15, 0.2) is 5.71 Å². The molecule has 3 rings (SSSR count). The van der Waals surface area contributed by atoms with Gasteiger partial charge in [-0.1, -0.05) is 5.16 Å². The van der Waals surface area contributed by atoms with Crippen molar-refractivity contribution in [1.29, 1.82) is 0 Å². The fourth-order valence-electron chi connectivity index (χ4n) is 3.24. The van der Waals surface area contributed by atoms with Gasteiger partial charge in [-0.3, -0.25) is 4.79 Å². The van der Waals surface area contributed by atoms with E-state index in [1.807, 2.05) is 14.0 Å². The van der Waals surface area contributed by atoms with Crippen molar-refractivity contribution in [2.45, 2.75) is 26.8 Å². The zero-order valence-electron chi connectivity index (χ0n) is 13.1. The molecule has 5 heteroatoms. The maximum absolute atomic E-state index is 12.4. The van der Waals surface area contributed by atoms with Gasteiger partial charge in [-0.25, -0.2) is 0 Å². The molecule has 1 aromatic rings.